The van der Waals surface area contributed by atoms with Crippen molar-refractivity contribution in [3.05, 3.63) is 40.9 Å². The first kappa shape index (κ1) is 16.0. The van der Waals surface area contributed by atoms with Crippen LogP contribution in [0.2, 0.25) is 0 Å². The number of rotatable bonds is 5. The van der Waals surface area contributed by atoms with E-state index in [1.807, 2.05) is 0 Å². The first-order valence-electron chi connectivity index (χ1n) is 6.51. The van der Waals surface area contributed by atoms with Crippen molar-refractivity contribution < 1.29 is 19.4 Å². The van der Waals surface area contributed by atoms with Gasteiger partial charge in [-0.3, -0.25) is 4.79 Å². The summed E-state index contributed by atoms with van der Waals surface area (Å²) >= 11 is 0. The fraction of sp³-hybridized carbons (Fsp3) is 0.214. The summed E-state index contributed by atoms with van der Waals surface area (Å²) in [5.74, 6) is -1.66. The van der Waals surface area contributed by atoms with E-state index in [1.54, 1.807) is 0 Å². The molecule has 0 unspecified atom stereocenters. The van der Waals surface area contributed by atoms with E-state index in [0.29, 0.717) is 5.69 Å². The summed E-state index contributed by atoms with van der Waals surface area (Å²) in [6, 6.07) is 0.229. The number of aromatic hydroxyl groups is 1. The molecule has 118 valence electrons. The summed E-state index contributed by atoms with van der Waals surface area (Å²) in [5, 5.41) is 12.1. The molecule has 2 rings (SSSR count). The molecule has 9 heteroatoms. The van der Waals surface area contributed by atoms with Gasteiger partial charge < -0.3 is 20.1 Å². The highest BCUT2D eigenvalue weighted by Crippen LogP contribution is 2.23. The molecule has 1 amide bonds. The molecule has 0 aliphatic carbocycles. The number of nitrogens with zero attached hydrogens (tertiary/aromatic N) is 3. The van der Waals surface area contributed by atoms with E-state index in [1.165, 1.54) is 25.8 Å². The minimum Gasteiger partial charge on any atom is -0.500 e. The van der Waals surface area contributed by atoms with Crippen LogP contribution in [0.4, 0.5) is 5.82 Å². The zero-order chi connectivity index (χ0) is 16.8. The van der Waals surface area contributed by atoms with Gasteiger partial charge in [0.25, 0.3) is 5.91 Å². The van der Waals surface area contributed by atoms with Gasteiger partial charge in [0.1, 0.15) is 12.6 Å². The Morgan fingerprint density at radius 1 is 1.52 bits per heavy atom. The minimum atomic E-state index is -0.922. The molecule has 0 fully saturated rings. The summed E-state index contributed by atoms with van der Waals surface area (Å²) in [6.07, 6.45) is 4.36. The number of amides is 1. The zero-order valence-electron chi connectivity index (χ0n) is 12.2. The maximum Gasteiger partial charge on any atom is 0.466 e. The molecule has 2 heterocycles. The van der Waals surface area contributed by atoms with Crippen LogP contribution in [0.25, 0.3) is 4.85 Å². The Hall–Kier alpha value is -3.41. The molecule has 2 aromatic rings. The molecule has 0 aromatic carbocycles. The number of H-pyrrole nitrogens is 1. The molecule has 0 bridgehead atoms. The van der Waals surface area contributed by atoms with Gasteiger partial charge in [-0.2, -0.15) is 4.85 Å². The van der Waals surface area contributed by atoms with E-state index in [-0.39, 0.29) is 23.6 Å². The Morgan fingerprint density at radius 2 is 2.30 bits per heavy atom. The van der Waals surface area contributed by atoms with Crippen LogP contribution in [0.5, 0.6) is 5.75 Å². The number of esters is 1. The molecule has 3 N–H and O–H groups in total. The predicted molar refractivity (Wildman–Crippen MR) is 79.4 cm³/mol. The fourth-order valence-electron chi connectivity index (χ4n) is 1.86. The third kappa shape index (κ3) is 3.82. The van der Waals surface area contributed by atoms with Gasteiger partial charge in [-0.15, -0.1) is 0 Å². The van der Waals surface area contributed by atoms with Crippen LogP contribution in [-0.4, -0.2) is 45.1 Å². The molecule has 1 atom stereocenters. The van der Waals surface area contributed by atoms with E-state index >= 15 is 0 Å². The number of hydrogen-bond donors (Lipinski definition) is 3. The van der Waals surface area contributed by atoms with Crippen molar-refractivity contribution in [3.8, 4) is 12.3 Å². The van der Waals surface area contributed by atoms with Crippen LogP contribution in [0.15, 0.2) is 24.8 Å². The second kappa shape index (κ2) is 7.04. The first-order chi connectivity index (χ1) is 11.0. The Labute approximate surface area is 131 Å². The summed E-state index contributed by atoms with van der Waals surface area (Å²) in [5.41, 5.74) is 0.701. The lowest BCUT2D eigenvalue weighted by atomic mass is 10.1. The van der Waals surface area contributed by atoms with Crippen LogP contribution >= 0.6 is 0 Å². The van der Waals surface area contributed by atoms with Gasteiger partial charge in [-0.1, -0.05) is 0 Å². The quantitative estimate of drug-likeness (QED) is 0.695. The summed E-state index contributed by atoms with van der Waals surface area (Å²) in [6.45, 7) is 5.02. The van der Waals surface area contributed by atoms with Crippen molar-refractivity contribution in [1.29, 1.82) is 0 Å². The van der Waals surface area contributed by atoms with Crippen LogP contribution in [-0.2, 0) is 16.0 Å². The van der Waals surface area contributed by atoms with E-state index in [0.717, 1.165) is 6.07 Å². The molecule has 0 saturated heterocycles. The first-order valence-corrected chi connectivity index (χ1v) is 6.51. The lowest BCUT2D eigenvalue weighted by Crippen LogP contribution is -2.43. The second-order valence-corrected chi connectivity index (χ2v) is 4.53. The SMILES string of the molecule is C#[N+]c1ncc(C(=O)N[C@H](Cc2cnc[nH]2)C(=O)OC)cc1O. The average Bonchev–Trinajstić information content (AvgIpc) is 3.06. The summed E-state index contributed by atoms with van der Waals surface area (Å²) in [4.78, 5) is 37.7. The molecular formula is C14H14N5O4+. The monoisotopic (exact) mass is 316 g/mol. The van der Waals surface area contributed by atoms with Crippen LogP contribution in [0, 0.1) is 6.57 Å². The Morgan fingerprint density at radius 3 is 2.87 bits per heavy atom. The Bertz CT molecular complexity index is 751. The molecule has 0 saturated carbocycles. The average molecular weight is 316 g/mol. The number of carbonyl (C=O) groups excluding carboxylic acids is 2. The van der Waals surface area contributed by atoms with E-state index < -0.39 is 17.9 Å². The lowest BCUT2D eigenvalue weighted by Gasteiger charge is -2.15. The molecule has 23 heavy (non-hydrogen) atoms. The van der Waals surface area contributed by atoms with Crippen LogP contribution in [0.3, 0.4) is 0 Å². The van der Waals surface area contributed by atoms with Gasteiger partial charge in [0.05, 0.1) is 19.0 Å². The number of carbonyl (C=O) groups is 2. The van der Waals surface area contributed by atoms with Gasteiger partial charge in [0.15, 0.2) is 6.20 Å². The number of ether oxygens (including phenoxy) is 1. The lowest BCUT2D eigenvalue weighted by molar-refractivity contribution is -0.142. The normalized spacial score (nSPS) is 11.3. The van der Waals surface area contributed by atoms with E-state index in [9.17, 15) is 14.7 Å². The number of imidazole rings is 1. The smallest absolute Gasteiger partial charge is 0.466 e. The maximum atomic E-state index is 12.2. The van der Waals surface area contributed by atoms with Gasteiger partial charge in [-0.25, -0.2) is 9.78 Å². The van der Waals surface area contributed by atoms with E-state index in [2.05, 4.69) is 29.9 Å². The minimum absolute atomic E-state index is 0.0495. The Kier molecular flexibility index (Phi) is 4.89. The van der Waals surface area contributed by atoms with Gasteiger partial charge in [0.2, 0.25) is 5.75 Å². The number of nitrogens with one attached hydrogen (secondary N) is 2. The third-order valence-corrected chi connectivity index (χ3v) is 3.00. The summed E-state index contributed by atoms with van der Waals surface area (Å²) < 4.78 is 4.67. The zero-order valence-corrected chi connectivity index (χ0v) is 12.2. The molecule has 0 aliphatic heterocycles. The van der Waals surface area contributed by atoms with Crippen molar-refractivity contribution in [1.82, 2.24) is 20.3 Å². The molecule has 2 aromatic heterocycles. The van der Waals surface area contributed by atoms with Crippen molar-refractivity contribution in [2.45, 2.75) is 12.5 Å². The molecule has 0 spiro atoms. The fourth-order valence-corrected chi connectivity index (χ4v) is 1.86. The topological polar surface area (TPSA) is 122 Å². The van der Waals surface area contributed by atoms with Gasteiger partial charge >= 0.3 is 11.8 Å². The van der Waals surface area contributed by atoms with Crippen molar-refractivity contribution >= 4 is 17.7 Å². The highest BCUT2D eigenvalue weighted by atomic mass is 16.5. The highest BCUT2D eigenvalue weighted by Gasteiger charge is 2.25. The summed E-state index contributed by atoms with van der Waals surface area (Å²) in [7, 11) is 1.22. The van der Waals surface area contributed by atoms with Crippen molar-refractivity contribution in [3.63, 3.8) is 0 Å². The highest BCUT2D eigenvalue weighted by molar-refractivity contribution is 5.97. The number of aromatic nitrogens is 3. The van der Waals surface area contributed by atoms with Gasteiger partial charge in [0, 0.05) is 24.4 Å². The number of methoxy groups -OCH3 is 1. The van der Waals surface area contributed by atoms with E-state index in [4.69, 9.17) is 6.57 Å². The van der Waals surface area contributed by atoms with Crippen molar-refractivity contribution in [2.24, 2.45) is 0 Å². The third-order valence-electron chi connectivity index (χ3n) is 3.00. The second-order valence-electron chi connectivity index (χ2n) is 4.53. The standard InChI is InChI=1S/C14H13N5O4/c1-15-12-11(20)3-8(5-17-12)13(21)19-10(14(22)23-2)4-9-6-16-7-18-9/h1,3,5-7,10H,4H2,2H3,(H2-,16,18,19,20,21)/p+1/t10-/m1/s1. The van der Waals surface area contributed by atoms with Gasteiger partial charge in [-0.05, 0) is 4.98 Å². The van der Waals surface area contributed by atoms with Crippen molar-refractivity contribution in [2.75, 3.05) is 7.11 Å². The number of hydrogen-bond acceptors (Lipinski definition) is 6. The number of aromatic amines is 1. The predicted octanol–water partition coefficient (Wildman–Crippen LogP) is 0.619. The van der Waals surface area contributed by atoms with Crippen LogP contribution < -0.4 is 5.32 Å². The molecule has 0 aliphatic rings. The molecule has 0 radical (unpaired) electrons. The Balaban J connectivity index is 2.15. The maximum absolute atomic E-state index is 12.2. The largest absolute Gasteiger partial charge is 0.500 e. The number of pyridine rings is 1. The van der Waals surface area contributed by atoms with Crippen LogP contribution in [0.1, 0.15) is 16.1 Å². The molecule has 9 nitrogen and oxygen atoms in total. The molecular weight excluding hydrogens is 302 g/mol.